The molecule has 0 spiro atoms. The molecule has 1 amide bonds. The van der Waals surface area contributed by atoms with Crippen LogP contribution in [0.1, 0.15) is 16.8 Å². The fourth-order valence-electron chi connectivity index (χ4n) is 2.05. The minimum Gasteiger partial charge on any atom is -0.507 e. The zero-order valence-electron chi connectivity index (χ0n) is 10.6. The number of rotatable bonds is 3. The number of hydrogen-bond acceptors (Lipinski definition) is 4. The summed E-state index contributed by atoms with van der Waals surface area (Å²) in [6.45, 7) is 0.986. The van der Waals surface area contributed by atoms with Crippen molar-refractivity contribution in [2.24, 2.45) is 0 Å². The maximum Gasteiger partial charge on any atom is 0.306 e. The van der Waals surface area contributed by atoms with Gasteiger partial charge in [0.05, 0.1) is 22.7 Å². The molecule has 2 rings (SSSR count). The Morgan fingerprint density at radius 1 is 1.45 bits per heavy atom. The van der Waals surface area contributed by atoms with Crippen molar-refractivity contribution >= 4 is 34.5 Å². The minimum absolute atomic E-state index is 0.0618. The van der Waals surface area contributed by atoms with E-state index >= 15 is 0 Å². The van der Waals surface area contributed by atoms with Gasteiger partial charge in [-0.3, -0.25) is 9.59 Å². The van der Waals surface area contributed by atoms with E-state index in [9.17, 15) is 14.7 Å². The Kier molecular flexibility index (Phi) is 4.81. The highest BCUT2D eigenvalue weighted by Crippen LogP contribution is 2.22. The number of hydrogen-bond donors (Lipinski definition) is 2. The van der Waals surface area contributed by atoms with Gasteiger partial charge in [-0.15, -0.1) is 0 Å². The quantitative estimate of drug-likeness (QED) is 0.759. The number of morpholine rings is 1. The Morgan fingerprint density at radius 2 is 2.20 bits per heavy atom. The molecular formula is C13H14INO5. The summed E-state index contributed by atoms with van der Waals surface area (Å²) >= 11 is 1.98. The fourth-order valence-corrected chi connectivity index (χ4v) is 2.39. The first kappa shape index (κ1) is 15.0. The highest BCUT2D eigenvalue weighted by atomic mass is 127. The highest BCUT2D eigenvalue weighted by Gasteiger charge is 2.26. The van der Waals surface area contributed by atoms with Gasteiger partial charge in [0.2, 0.25) is 0 Å². The Bertz CT molecular complexity index is 533. The monoisotopic (exact) mass is 391 g/mol. The SMILES string of the molecule is O=C(O)CC1CN(C(=O)c2ccc(I)c(O)c2)CCO1. The molecule has 0 radical (unpaired) electrons. The lowest BCUT2D eigenvalue weighted by Gasteiger charge is -2.32. The number of aliphatic carboxylic acids is 1. The van der Waals surface area contributed by atoms with Crippen molar-refractivity contribution in [2.75, 3.05) is 19.7 Å². The van der Waals surface area contributed by atoms with Gasteiger partial charge in [-0.1, -0.05) is 0 Å². The number of ether oxygens (including phenoxy) is 1. The standard InChI is InChI=1S/C13H14INO5/c14-10-2-1-8(5-11(10)16)13(19)15-3-4-20-9(7-15)6-12(17)18/h1-2,5,9,16H,3-4,6-7H2,(H,17,18). The maximum atomic E-state index is 12.3. The summed E-state index contributed by atoms with van der Waals surface area (Å²) in [5.41, 5.74) is 0.388. The van der Waals surface area contributed by atoms with Gasteiger partial charge in [0, 0.05) is 18.7 Å². The third kappa shape index (κ3) is 3.60. The van der Waals surface area contributed by atoms with Gasteiger partial charge in [0.1, 0.15) is 5.75 Å². The summed E-state index contributed by atoms with van der Waals surface area (Å²) in [7, 11) is 0. The van der Waals surface area contributed by atoms with E-state index in [1.54, 1.807) is 17.0 Å². The summed E-state index contributed by atoms with van der Waals surface area (Å²) in [4.78, 5) is 24.5. The Hall–Kier alpha value is -1.35. The fraction of sp³-hybridized carbons (Fsp3) is 0.385. The Labute approximate surface area is 129 Å². The molecule has 0 saturated carbocycles. The Balaban J connectivity index is 2.08. The molecule has 1 aromatic carbocycles. The average Bonchev–Trinajstić information content (AvgIpc) is 2.40. The molecule has 1 atom stereocenters. The van der Waals surface area contributed by atoms with E-state index in [1.165, 1.54) is 6.07 Å². The molecule has 1 heterocycles. The zero-order valence-corrected chi connectivity index (χ0v) is 12.7. The van der Waals surface area contributed by atoms with Crippen LogP contribution in [0.15, 0.2) is 18.2 Å². The predicted octanol–water partition coefficient (Wildman–Crippen LogP) is 1.31. The molecule has 2 N–H and O–H groups in total. The number of phenols is 1. The number of nitrogens with zero attached hydrogens (tertiary/aromatic N) is 1. The maximum absolute atomic E-state index is 12.3. The van der Waals surface area contributed by atoms with Crippen LogP contribution < -0.4 is 0 Å². The third-order valence-corrected chi connectivity index (χ3v) is 3.93. The normalized spacial score (nSPS) is 18.9. The van der Waals surface area contributed by atoms with Crippen LogP contribution in [0.5, 0.6) is 5.75 Å². The number of carbonyl (C=O) groups excluding carboxylic acids is 1. The lowest BCUT2D eigenvalue weighted by atomic mass is 10.1. The van der Waals surface area contributed by atoms with Gasteiger partial charge < -0.3 is 19.8 Å². The average molecular weight is 391 g/mol. The number of carboxylic acid groups (broad SMARTS) is 1. The molecule has 1 saturated heterocycles. The van der Waals surface area contributed by atoms with E-state index in [0.717, 1.165) is 0 Å². The van der Waals surface area contributed by atoms with Crippen LogP contribution in [0, 0.1) is 3.57 Å². The first-order valence-corrected chi connectivity index (χ1v) is 7.16. The van der Waals surface area contributed by atoms with E-state index in [1.807, 2.05) is 22.6 Å². The first-order valence-electron chi connectivity index (χ1n) is 6.08. The van der Waals surface area contributed by atoms with Crippen molar-refractivity contribution < 1.29 is 24.5 Å². The molecule has 1 unspecified atom stereocenters. The molecular weight excluding hydrogens is 377 g/mol. The molecule has 1 aliphatic rings. The molecule has 6 nitrogen and oxygen atoms in total. The van der Waals surface area contributed by atoms with Crippen LogP contribution in [-0.2, 0) is 9.53 Å². The van der Waals surface area contributed by atoms with Crippen molar-refractivity contribution in [1.29, 1.82) is 0 Å². The van der Waals surface area contributed by atoms with Crippen LogP contribution >= 0.6 is 22.6 Å². The van der Waals surface area contributed by atoms with Crippen molar-refractivity contribution in [1.82, 2.24) is 4.90 Å². The summed E-state index contributed by atoms with van der Waals surface area (Å²) in [5.74, 6) is -1.11. The summed E-state index contributed by atoms with van der Waals surface area (Å²) in [6.07, 6.45) is -0.607. The zero-order chi connectivity index (χ0) is 14.7. The summed E-state index contributed by atoms with van der Waals surface area (Å²) < 4.78 is 5.99. The van der Waals surface area contributed by atoms with Gasteiger partial charge in [-0.05, 0) is 40.8 Å². The molecule has 1 fully saturated rings. The topological polar surface area (TPSA) is 87.1 Å². The van der Waals surface area contributed by atoms with Crippen molar-refractivity contribution in [3.63, 3.8) is 0 Å². The molecule has 7 heteroatoms. The van der Waals surface area contributed by atoms with Crippen molar-refractivity contribution in [2.45, 2.75) is 12.5 Å². The van der Waals surface area contributed by atoms with Crippen LogP contribution in [0.2, 0.25) is 0 Å². The van der Waals surface area contributed by atoms with Crippen molar-refractivity contribution in [3.8, 4) is 5.75 Å². The van der Waals surface area contributed by atoms with E-state index < -0.39 is 12.1 Å². The second-order valence-corrected chi connectivity index (χ2v) is 5.67. The Morgan fingerprint density at radius 3 is 2.85 bits per heavy atom. The van der Waals surface area contributed by atoms with Crippen LogP contribution in [0.25, 0.3) is 0 Å². The first-order chi connectivity index (χ1) is 9.47. The molecule has 108 valence electrons. The van der Waals surface area contributed by atoms with Crippen LogP contribution in [-0.4, -0.2) is 52.8 Å². The second-order valence-electron chi connectivity index (χ2n) is 4.51. The molecule has 0 aromatic heterocycles. The smallest absolute Gasteiger partial charge is 0.306 e. The van der Waals surface area contributed by atoms with Gasteiger partial charge in [-0.25, -0.2) is 0 Å². The number of carbonyl (C=O) groups is 2. The molecule has 1 aliphatic heterocycles. The van der Waals surface area contributed by atoms with Crippen LogP contribution in [0.3, 0.4) is 0 Å². The van der Waals surface area contributed by atoms with Gasteiger partial charge in [-0.2, -0.15) is 0 Å². The minimum atomic E-state index is -0.948. The van der Waals surface area contributed by atoms with Crippen molar-refractivity contribution in [3.05, 3.63) is 27.3 Å². The molecule has 0 aliphatic carbocycles. The lowest BCUT2D eigenvalue weighted by Crippen LogP contribution is -2.46. The number of aromatic hydroxyl groups is 1. The van der Waals surface area contributed by atoms with E-state index in [-0.39, 0.29) is 24.6 Å². The van der Waals surface area contributed by atoms with E-state index in [4.69, 9.17) is 9.84 Å². The predicted molar refractivity (Wildman–Crippen MR) is 78.7 cm³/mol. The number of halogens is 1. The lowest BCUT2D eigenvalue weighted by molar-refractivity contribution is -0.141. The van der Waals surface area contributed by atoms with Gasteiger partial charge >= 0.3 is 5.97 Å². The highest BCUT2D eigenvalue weighted by molar-refractivity contribution is 14.1. The number of benzene rings is 1. The van der Waals surface area contributed by atoms with Gasteiger partial charge in [0.25, 0.3) is 5.91 Å². The summed E-state index contributed by atoms with van der Waals surface area (Å²) in [5, 5.41) is 18.4. The summed E-state index contributed by atoms with van der Waals surface area (Å²) in [6, 6.07) is 4.73. The molecule has 1 aromatic rings. The number of amides is 1. The number of carboxylic acids is 1. The van der Waals surface area contributed by atoms with Gasteiger partial charge in [0.15, 0.2) is 0 Å². The second kappa shape index (κ2) is 6.40. The van der Waals surface area contributed by atoms with E-state index in [2.05, 4.69) is 0 Å². The van der Waals surface area contributed by atoms with E-state index in [0.29, 0.717) is 22.3 Å². The molecule has 20 heavy (non-hydrogen) atoms. The number of phenolic OH excluding ortho intramolecular Hbond substituents is 1. The molecule has 0 bridgehead atoms. The largest absolute Gasteiger partial charge is 0.507 e. The third-order valence-electron chi connectivity index (χ3n) is 3.02. The van der Waals surface area contributed by atoms with Crippen LogP contribution in [0.4, 0.5) is 0 Å².